The van der Waals surface area contributed by atoms with E-state index in [4.69, 9.17) is 10.5 Å². The molecule has 1 aliphatic heterocycles. The highest BCUT2D eigenvalue weighted by atomic mass is 16.5. The molecule has 10 nitrogen and oxygen atoms in total. The minimum Gasteiger partial charge on any atom is -0.492 e. The molecular weight excluding hydrogens is 516 g/mol. The van der Waals surface area contributed by atoms with Gasteiger partial charge in [-0.1, -0.05) is 18.7 Å². The molecule has 0 radical (unpaired) electrons. The third kappa shape index (κ3) is 7.92. The van der Waals surface area contributed by atoms with E-state index in [1.807, 2.05) is 64.5 Å². The van der Waals surface area contributed by atoms with Crippen molar-refractivity contribution in [3.8, 4) is 5.75 Å². The van der Waals surface area contributed by atoms with Crippen LogP contribution in [0.2, 0.25) is 0 Å². The van der Waals surface area contributed by atoms with Gasteiger partial charge in [0.05, 0.1) is 18.5 Å². The van der Waals surface area contributed by atoms with E-state index in [1.165, 1.54) is 0 Å². The number of nitrogens with zero attached hydrogens (tertiary/aromatic N) is 5. The van der Waals surface area contributed by atoms with Crippen LogP contribution in [0.3, 0.4) is 0 Å². The van der Waals surface area contributed by atoms with E-state index in [9.17, 15) is 4.79 Å². The van der Waals surface area contributed by atoms with Crippen molar-refractivity contribution < 1.29 is 9.53 Å². The molecule has 4 rings (SSSR count). The summed E-state index contributed by atoms with van der Waals surface area (Å²) < 4.78 is 5.95. The number of amides is 1. The molecule has 214 valence electrons. The first-order chi connectivity index (χ1) is 19.7. The van der Waals surface area contributed by atoms with Crippen LogP contribution in [0.1, 0.15) is 34.0 Å². The van der Waals surface area contributed by atoms with Crippen LogP contribution in [-0.2, 0) is 13.0 Å². The molecule has 0 unspecified atom stereocenters. The topological polar surface area (TPSA) is 121 Å². The average molecular weight is 555 g/mol. The van der Waals surface area contributed by atoms with E-state index in [0.29, 0.717) is 24.5 Å². The maximum atomic E-state index is 13.0. The number of aromatic nitrogens is 2. The number of likely N-dealkylation sites (N-methyl/N-ethyl adjacent to an activating group) is 2. The number of carbonyl (C=O) groups is 1. The monoisotopic (exact) mass is 554 g/mol. The van der Waals surface area contributed by atoms with Crippen molar-refractivity contribution in [3.63, 3.8) is 0 Å². The third-order valence-electron chi connectivity index (χ3n) is 6.68. The number of pyridine rings is 2. The fourth-order valence-corrected chi connectivity index (χ4v) is 4.32. The normalized spacial score (nSPS) is 12.8. The lowest BCUT2D eigenvalue weighted by Gasteiger charge is -2.21. The predicted molar refractivity (Wildman–Crippen MR) is 167 cm³/mol. The van der Waals surface area contributed by atoms with Crippen molar-refractivity contribution in [2.24, 2.45) is 10.7 Å². The van der Waals surface area contributed by atoms with E-state index in [-0.39, 0.29) is 11.7 Å². The Bertz CT molecular complexity index is 1450. The molecule has 41 heavy (non-hydrogen) atoms. The number of benzene rings is 1. The molecule has 0 saturated carbocycles. The summed E-state index contributed by atoms with van der Waals surface area (Å²) in [5.41, 5.74) is 10.9. The summed E-state index contributed by atoms with van der Waals surface area (Å²) >= 11 is 0. The van der Waals surface area contributed by atoms with Crippen LogP contribution in [-0.4, -0.2) is 67.8 Å². The molecule has 0 saturated heterocycles. The fraction of sp³-hybridized carbons (Fsp3) is 0.290. The Morgan fingerprint density at radius 1 is 1.17 bits per heavy atom. The van der Waals surface area contributed by atoms with Gasteiger partial charge >= 0.3 is 0 Å². The number of ether oxygens (including phenoxy) is 1. The number of hydrogen-bond donors (Lipinski definition) is 3. The summed E-state index contributed by atoms with van der Waals surface area (Å²) in [7, 11) is 6.12. The van der Waals surface area contributed by atoms with Crippen LogP contribution in [0.5, 0.6) is 5.75 Å². The highest BCUT2D eigenvalue weighted by Gasteiger charge is 2.22. The zero-order valence-electron chi connectivity index (χ0n) is 24.1. The molecule has 2 aromatic heterocycles. The van der Waals surface area contributed by atoms with Gasteiger partial charge in [-0.05, 0) is 62.5 Å². The van der Waals surface area contributed by atoms with Gasteiger partial charge in [-0.2, -0.15) is 0 Å². The Kier molecular flexibility index (Phi) is 9.70. The average Bonchev–Trinajstić information content (AvgIpc) is 3.45. The lowest BCUT2D eigenvalue weighted by atomic mass is 10.0. The van der Waals surface area contributed by atoms with Gasteiger partial charge < -0.3 is 30.9 Å². The van der Waals surface area contributed by atoms with Crippen molar-refractivity contribution >= 4 is 35.0 Å². The summed E-state index contributed by atoms with van der Waals surface area (Å²) in [5, 5.41) is 6.31. The van der Waals surface area contributed by atoms with Gasteiger partial charge in [0.2, 0.25) is 0 Å². The van der Waals surface area contributed by atoms with Gasteiger partial charge in [0.25, 0.3) is 5.91 Å². The van der Waals surface area contributed by atoms with Crippen molar-refractivity contribution in [3.05, 3.63) is 89.5 Å². The molecule has 10 heteroatoms. The molecule has 1 aromatic carbocycles. The lowest BCUT2D eigenvalue weighted by molar-refractivity contribution is 0.102. The maximum absolute atomic E-state index is 13.0. The van der Waals surface area contributed by atoms with Gasteiger partial charge in [0.15, 0.2) is 0 Å². The first-order valence-corrected chi connectivity index (χ1v) is 13.5. The van der Waals surface area contributed by atoms with E-state index in [0.717, 1.165) is 59.0 Å². The second-order valence-corrected chi connectivity index (χ2v) is 10.2. The number of rotatable bonds is 12. The number of anilines is 3. The Balaban J connectivity index is 1.39. The number of carbonyl (C=O) groups excluding carboxylic acids is 1. The molecule has 0 spiro atoms. The summed E-state index contributed by atoms with van der Waals surface area (Å²) in [4.78, 5) is 30.3. The molecule has 0 bridgehead atoms. The van der Waals surface area contributed by atoms with Crippen LogP contribution in [0.25, 0.3) is 5.57 Å². The van der Waals surface area contributed by atoms with E-state index >= 15 is 0 Å². The van der Waals surface area contributed by atoms with E-state index in [2.05, 4.69) is 42.0 Å². The minimum atomic E-state index is -0.214. The second-order valence-electron chi connectivity index (χ2n) is 10.2. The maximum Gasteiger partial charge on any atom is 0.256 e. The highest BCUT2D eigenvalue weighted by Crippen LogP contribution is 2.37. The number of nitrogens with two attached hydrogens (primary N) is 1. The van der Waals surface area contributed by atoms with Crippen LogP contribution < -0.4 is 26.0 Å². The molecule has 0 fully saturated rings. The predicted octanol–water partition coefficient (Wildman–Crippen LogP) is 4.18. The number of fused-ring (bicyclic) bond motifs is 1. The zero-order chi connectivity index (χ0) is 29.4. The fourth-order valence-electron chi connectivity index (χ4n) is 4.32. The number of allylic oxidation sites excluding steroid dienone is 2. The van der Waals surface area contributed by atoms with Crippen molar-refractivity contribution in [1.29, 1.82) is 0 Å². The second kappa shape index (κ2) is 13.6. The van der Waals surface area contributed by atoms with Gasteiger partial charge in [-0.3, -0.25) is 4.79 Å². The molecule has 0 aliphatic carbocycles. The van der Waals surface area contributed by atoms with Crippen molar-refractivity contribution in [2.45, 2.75) is 19.9 Å². The van der Waals surface area contributed by atoms with Crippen molar-refractivity contribution in [2.75, 3.05) is 56.4 Å². The summed E-state index contributed by atoms with van der Waals surface area (Å²) in [5.74, 6) is 2.14. The molecule has 4 N–H and O–H groups in total. The number of aliphatic imine (C=N–C) groups is 1. The lowest BCUT2D eigenvalue weighted by Crippen LogP contribution is -2.28. The van der Waals surface area contributed by atoms with Gasteiger partial charge in [-0.25, -0.2) is 15.0 Å². The molecular formula is C31H38N8O2. The van der Waals surface area contributed by atoms with E-state index in [1.54, 1.807) is 24.7 Å². The van der Waals surface area contributed by atoms with Crippen LogP contribution >= 0.6 is 0 Å². The van der Waals surface area contributed by atoms with E-state index < -0.39 is 0 Å². The Hall–Kier alpha value is -4.70. The summed E-state index contributed by atoms with van der Waals surface area (Å²) in [6, 6.07) is 11.3. The molecule has 0 atom stereocenters. The van der Waals surface area contributed by atoms with Gasteiger partial charge in [0.1, 0.15) is 23.2 Å². The molecule has 1 amide bonds. The Morgan fingerprint density at radius 3 is 2.73 bits per heavy atom. The van der Waals surface area contributed by atoms with Crippen LogP contribution in [0, 0.1) is 0 Å². The third-order valence-corrected chi connectivity index (χ3v) is 6.68. The number of hydrogen-bond acceptors (Lipinski definition) is 9. The first-order valence-electron chi connectivity index (χ1n) is 13.5. The summed E-state index contributed by atoms with van der Waals surface area (Å²) in [6.45, 7) is 8.47. The molecule has 1 aliphatic rings. The Labute approximate surface area is 241 Å². The standard InChI is InChI=1S/C31H38N8O2/c1-21(11-13-33-22(2)32)27-20-36-30(26-12-16-41-29(26)27)35-18-23-7-6-8-24(17-23)31(40)37-28-10-9-25(19-34-28)39(5)15-14-38(3)4/h6-11,13,17,19-20H,2,12,14-16,18,32H2,1,3-5H3,(H,35,36)(H,34,37,40)/b21-11+,33-13-. The van der Waals surface area contributed by atoms with Gasteiger partial charge in [-0.15, -0.1) is 0 Å². The smallest absolute Gasteiger partial charge is 0.256 e. The zero-order valence-corrected chi connectivity index (χ0v) is 24.1. The molecule has 3 aromatic rings. The van der Waals surface area contributed by atoms with Gasteiger partial charge in [0, 0.05) is 62.2 Å². The van der Waals surface area contributed by atoms with Crippen molar-refractivity contribution in [1.82, 2.24) is 14.9 Å². The molecule has 3 heterocycles. The SMILES string of the molecule is C=C(N)/N=C\C=C(/C)c1cnc(NCc2cccc(C(=O)Nc3ccc(N(C)CCN(C)C)cn3)c2)c2c1OCC2. The quantitative estimate of drug-likeness (QED) is 0.285. The highest BCUT2D eigenvalue weighted by molar-refractivity contribution is 6.03. The van der Waals surface area contributed by atoms with Crippen LogP contribution in [0.4, 0.5) is 17.3 Å². The summed E-state index contributed by atoms with van der Waals surface area (Å²) in [6.07, 6.45) is 7.81. The first kappa shape index (κ1) is 29.3. The number of nitrogens with one attached hydrogen (secondary N) is 2. The Morgan fingerprint density at radius 2 is 2.00 bits per heavy atom. The van der Waals surface area contributed by atoms with Crippen LogP contribution in [0.15, 0.2) is 72.3 Å². The largest absolute Gasteiger partial charge is 0.492 e. The minimum absolute atomic E-state index is 0.214.